The van der Waals surface area contributed by atoms with Crippen molar-refractivity contribution < 1.29 is 29.1 Å². The highest BCUT2D eigenvalue weighted by Crippen LogP contribution is 2.16. The fourth-order valence-corrected chi connectivity index (χ4v) is 1.34. The van der Waals surface area contributed by atoms with Crippen LogP contribution in [0.3, 0.4) is 0 Å². The molecule has 1 amide bonds. The summed E-state index contributed by atoms with van der Waals surface area (Å²) in [6.07, 6.45) is -1.13. The molecular formula is C12H14N2O7. The Morgan fingerprint density at radius 1 is 1.38 bits per heavy atom. The second-order valence-electron chi connectivity index (χ2n) is 3.91. The van der Waals surface area contributed by atoms with Crippen molar-refractivity contribution in [2.24, 2.45) is 0 Å². The first kappa shape index (κ1) is 16.4. The van der Waals surface area contributed by atoms with Crippen molar-refractivity contribution in [1.29, 1.82) is 0 Å². The topological polar surface area (TPSA) is 128 Å². The zero-order valence-corrected chi connectivity index (χ0v) is 11.1. The number of hydrogen-bond acceptors (Lipinski definition) is 6. The Morgan fingerprint density at radius 2 is 2.00 bits per heavy atom. The number of nitro groups is 1. The van der Waals surface area contributed by atoms with Crippen LogP contribution in [0.1, 0.15) is 0 Å². The van der Waals surface area contributed by atoms with E-state index in [0.717, 1.165) is 0 Å². The fourth-order valence-electron chi connectivity index (χ4n) is 1.34. The van der Waals surface area contributed by atoms with Gasteiger partial charge in [0.15, 0.2) is 12.7 Å². The predicted octanol–water partition coefficient (Wildman–Crippen LogP) is 0.189. The lowest BCUT2D eigenvalue weighted by atomic mass is 10.3. The van der Waals surface area contributed by atoms with E-state index in [0.29, 0.717) is 0 Å². The lowest BCUT2D eigenvalue weighted by molar-refractivity contribution is -0.384. The summed E-state index contributed by atoms with van der Waals surface area (Å²) < 4.78 is 9.75. The number of nitrogens with one attached hydrogen (secondary N) is 1. The summed E-state index contributed by atoms with van der Waals surface area (Å²) >= 11 is 0. The lowest BCUT2D eigenvalue weighted by Crippen LogP contribution is -2.39. The fraction of sp³-hybridized carbons (Fsp3) is 0.333. The first-order valence-electron chi connectivity index (χ1n) is 5.83. The number of nitro benzene ring substituents is 1. The molecule has 1 rings (SSSR count). The number of hydrogen-bond donors (Lipinski definition) is 2. The maximum absolute atomic E-state index is 11.4. The van der Waals surface area contributed by atoms with Crippen LogP contribution in [0.25, 0.3) is 0 Å². The molecule has 0 aliphatic carbocycles. The number of aliphatic carboxylic acids is 1. The second kappa shape index (κ2) is 7.80. The highest BCUT2D eigenvalue weighted by molar-refractivity contribution is 5.79. The first-order valence-corrected chi connectivity index (χ1v) is 5.83. The Labute approximate surface area is 119 Å². The zero-order valence-electron chi connectivity index (χ0n) is 11.1. The van der Waals surface area contributed by atoms with Crippen LogP contribution >= 0.6 is 0 Å². The van der Waals surface area contributed by atoms with Crippen LogP contribution in [0.2, 0.25) is 0 Å². The number of carbonyl (C=O) groups excluding carboxylic acids is 1. The summed E-state index contributed by atoms with van der Waals surface area (Å²) in [5.74, 6) is -1.43. The molecule has 0 saturated carbocycles. The van der Waals surface area contributed by atoms with E-state index in [-0.39, 0.29) is 24.6 Å². The molecule has 1 unspecified atom stereocenters. The molecule has 1 atom stereocenters. The summed E-state index contributed by atoms with van der Waals surface area (Å²) in [6.45, 7) is -0.526. The van der Waals surface area contributed by atoms with Crippen LogP contribution in [0, 0.1) is 10.1 Å². The van der Waals surface area contributed by atoms with Crippen LogP contribution in [0.5, 0.6) is 5.75 Å². The molecular weight excluding hydrogens is 284 g/mol. The molecule has 0 aliphatic heterocycles. The van der Waals surface area contributed by atoms with Gasteiger partial charge < -0.3 is 19.9 Å². The van der Waals surface area contributed by atoms with Crippen molar-refractivity contribution >= 4 is 17.6 Å². The summed E-state index contributed by atoms with van der Waals surface area (Å²) in [7, 11) is 1.22. The van der Waals surface area contributed by atoms with Crippen molar-refractivity contribution in [3.63, 3.8) is 0 Å². The normalized spacial score (nSPS) is 11.5. The molecule has 0 aromatic heterocycles. The molecule has 9 nitrogen and oxygen atoms in total. The Kier molecular flexibility index (Phi) is 6.08. The Hall–Kier alpha value is -2.68. The van der Waals surface area contributed by atoms with E-state index in [1.807, 2.05) is 0 Å². The summed E-state index contributed by atoms with van der Waals surface area (Å²) in [6, 6.07) is 5.22. The van der Waals surface area contributed by atoms with Crippen molar-refractivity contribution in [2.45, 2.75) is 6.10 Å². The van der Waals surface area contributed by atoms with Crippen LogP contribution < -0.4 is 10.1 Å². The molecule has 0 spiro atoms. The Bertz CT molecular complexity index is 515. The van der Waals surface area contributed by atoms with E-state index in [1.54, 1.807) is 0 Å². The standard InChI is InChI=1S/C12H14N2O7/c1-20-10(12(16)17)6-13-11(15)7-21-9-4-2-8(3-5-9)14(18)19/h2-5,10H,6-7H2,1H3,(H,13,15)(H,16,17). The van der Waals surface area contributed by atoms with Gasteiger partial charge in [-0.1, -0.05) is 0 Å². The molecule has 0 aliphatic rings. The number of rotatable bonds is 8. The Morgan fingerprint density at radius 3 is 2.48 bits per heavy atom. The third kappa shape index (κ3) is 5.45. The van der Waals surface area contributed by atoms with Gasteiger partial charge in [0.05, 0.1) is 11.5 Å². The summed E-state index contributed by atoms with van der Waals surface area (Å²) in [5.41, 5.74) is -0.0869. The predicted molar refractivity (Wildman–Crippen MR) is 70.0 cm³/mol. The number of carboxylic acids is 1. The maximum Gasteiger partial charge on any atom is 0.334 e. The smallest absolute Gasteiger partial charge is 0.334 e. The van der Waals surface area contributed by atoms with Gasteiger partial charge in [0, 0.05) is 19.2 Å². The van der Waals surface area contributed by atoms with E-state index >= 15 is 0 Å². The minimum atomic E-state index is -1.19. The summed E-state index contributed by atoms with van der Waals surface area (Å²) in [4.78, 5) is 32.0. The van der Waals surface area contributed by atoms with E-state index in [1.165, 1.54) is 31.4 Å². The van der Waals surface area contributed by atoms with Gasteiger partial charge in [0.1, 0.15) is 5.75 Å². The highest BCUT2D eigenvalue weighted by Gasteiger charge is 2.17. The molecule has 0 saturated heterocycles. The largest absolute Gasteiger partial charge is 0.484 e. The van der Waals surface area contributed by atoms with Gasteiger partial charge in [0.2, 0.25) is 0 Å². The van der Waals surface area contributed by atoms with E-state index < -0.39 is 22.9 Å². The van der Waals surface area contributed by atoms with Crippen LogP contribution in [0.4, 0.5) is 5.69 Å². The average Bonchev–Trinajstić information content (AvgIpc) is 2.45. The Balaban J connectivity index is 2.39. The first-order chi connectivity index (χ1) is 9.93. The van der Waals surface area contributed by atoms with Crippen molar-refractivity contribution in [2.75, 3.05) is 20.3 Å². The molecule has 0 fully saturated rings. The van der Waals surface area contributed by atoms with Crippen LogP contribution in [0.15, 0.2) is 24.3 Å². The average molecular weight is 298 g/mol. The molecule has 9 heteroatoms. The van der Waals surface area contributed by atoms with Gasteiger partial charge in [-0.05, 0) is 12.1 Å². The SMILES string of the molecule is COC(CNC(=O)COc1ccc([N+](=O)[O-])cc1)C(=O)O. The quantitative estimate of drug-likeness (QED) is 0.517. The van der Waals surface area contributed by atoms with Gasteiger partial charge in [0.25, 0.3) is 11.6 Å². The highest BCUT2D eigenvalue weighted by atomic mass is 16.6. The van der Waals surface area contributed by atoms with Crippen molar-refractivity contribution in [1.82, 2.24) is 5.32 Å². The van der Waals surface area contributed by atoms with Gasteiger partial charge >= 0.3 is 5.97 Å². The molecule has 114 valence electrons. The number of carboxylic acid groups (broad SMARTS) is 1. The number of ether oxygens (including phenoxy) is 2. The number of amides is 1. The third-order valence-electron chi connectivity index (χ3n) is 2.46. The molecule has 1 aromatic carbocycles. The minimum Gasteiger partial charge on any atom is -0.484 e. The molecule has 21 heavy (non-hydrogen) atoms. The second-order valence-corrected chi connectivity index (χ2v) is 3.91. The van der Waals surface area contributed by atoms with E-state index in [9.17, 15) is 19.7 Å². The number of carbonyl (C=O) groups is 2. The van der Waals surface area contributed by atoms with E-state index in [2.05, 4.69) is 10.1 Å². The van der Waals surface area contributed by atoms with Gasteiger partial charge in [-0.3, -0.25) is 14.9 Å². The molecule has 0 heterocycles. The van der Waals surface area contributed by atoms with Crippen molar-refractivity contribution in [3.05, 3.63) is 34.4 Å². The maximum atomic E-state index is 11.4. The number of methoxy groups -OCH3 is 1. The van der Waals surface area contributed by atoms with Crippen molar-refractivity contribution in [3.8, 4) is 5.75 Å². The van der Waals surface area contributed by atoms with E-state index in [4.69, 9.17) is 9.84 Å². The molecule has 2 N–H and O–H groups in total. The number of non-ortho nitro benzene ring substituents is 1. The van der Waals surface area contributed by atoms with Gasteiger partial charge in [-0.2, -0.15) is 0 Å². The molecule has 0 radical (unpaired) electrons. The minimum absolute atomic E-state index is 0.0869. The van der Waals surface area contributed by atoms with Gasteiger partial charge in [-0.15, -0.1) is 0 Å². The number of benzene rings is 1. The van der Waals surface area contributed by atoms with Gasteiger partial charge in [-0.25, -0.2) is 4.79 Å². The molecule has 1 aromatic rings. The third-order valence-corrected chi connectivity index (χ3v) is 2.46. The lowest BCUT2D eigenvalue weighted by Gasteiger charge is -2.11. The van der Waals surface area contributed by atoms with Crippen LogP contribution in [-0.4, -0.2) is 48.3 Å². The number of nitrogens with zero attached hydrogens (tertiary/aromatic N) is 1. The zero-order chi connectivity index (χ0) is 15.8. The summed E-state index contributed by atoms with van der Waals surface area (Å²) in [5, 5.41) is 21.5. The monoisotopic (exact) mass is 298 g/mol. The van der Waals surface area contributed by atoms with Crippen LogP contribution in [-0.2, 0) is 14.3 Å². The molecule has 0 bridgehead atoms.